The molecule has 1 N–H and O–H groups in total. The van der Waals surface area contributed by atoms with Crippen LogP contribution >= 0.6 is 11.6 Å². The molecule has 2 nitrogen and oxygen atoms in total. The Morgan fingerprint density at radius 2 is 2.25 bits per heavy atom. The molecule has 0 aliphatic heterocycles. The van der Waals surface area contributed by atoms with Gasteiger partial charge in [0.15, 0.2) is 0 Å². The van der Waals surface area contributed by atoms with Crippen LogP contribution in [0.15, 0.2) is 4.99 Å². The summed E-state index contributed by atoms with van der Waals surface area (Å²) >= 11 is 5.47. The molecular weight excluding hydrogens is 124 g/mol. The minimum absolute atomic E-state index is 0.261. The molecule has 46 valence electrons. The SMILES string of the molecule is CCC(Cl)=NC(C)=N. The first-order chi connectivity index (χ1) is 3.66. The van der Waals surface area contributed by atoms with Gasteiger partial charge < -0.3 is 0 Å². The fourth-order valence-corrected chi connectivity index (χ4v) is 0.388. The highest BCUT2D eigenvalue weighted by Gasteiger charge is 1.86. The molecular formula is C5H9ClN2. The van der Waals surface area contributed by atoms with Crippen LogP contribution in [0.2, 0.25) is 0 Å². The first-order valence-corrected chi connectivity index (χ1v) is 2.82. The van der Waals surface area contributed by atoms with Crippen molar-refractivity contribution in [1.29, 1.82) is 5.41 Å². The van der Waals surface area contributed by atoms with Gasteiger partial charge >= 0.3 is 0 Å². The summed E-state index contributed by atoms with van der Waals surface area (Å²) < 4.78 is 0. The van der Waals surface area contributed by atoms with E-state index in [1.54, 1.807) is 6.92 Å². The predicted octanol–water partition coefficient (Wildman–Crippen LogP) is 2.03. The minimum Gasteiger partial charge on any atom is -0.287 e. The zero-order valence-electron chi connectivity index (χ0n) is 5.03. The first-order valence-electron chi connectivity index (χ1n) is 2.45. The maximum Gasteiger partial charge on any atom is 0.118 e. The van der Waals surface area contributed by atoms with E-state index in [2.05, 4.69) is 4.99 Å². The van der Waals surface area contributed by atoms with Crippen molar-refractivity contribution in [2.75, 3.05) is 0 Å². The first kappa shape index (κ1) is 7.63. The second kappa shape index (κ2) is 3.61. The maximum absolute atomic E-state index is 6.86. The molecule has 3 heteroatoms. The van der Waals surface area contributed by atoms with Crippen LogP contribution in [0.25, 0.3) is 0 Å². The Morgan fingerprint density at radius 1 is 1.75 bits per heavy atom. The Kier molecular flexibility index (Phi) is 3.44. The van der Waals surface area contributed by atoms with Gasteiger partial charge in [-0.05, 0) is 13.3 Å². The van der Waals surface area contributed by atoms with Crippen molar-refractivity contribution >= 4 is 22.6 Å². The average molecular weight is 133 g/mol. The Morgan fingerprint density at radius 3 is 2.38 bits per heavy atom. The largest absolute Gasteiger partial charge is 0.287 e. The zero-order valence-corrected chi connectivity index (χ0v) is 5.79. The normalized spacial score (nSPS) is 11.6. The number of rotatable bonds is 1. The number of aliphatic imine (C=N–C) groups is 1. The summed E-state index contributed by atoms with van der Waals surface area (Å²) in [5, 5.41) is 7.35. The van der Waals surface area contributed by atoms with Gasteiger partial charge in [0, 0.05) is 0 Å². The minimum atomic E-state index is 0.261. The molecule has 0 saturated heterocycles. The van der Waals surface area contributed by atoms with Crippen LogP contribution in [0.1, 0.15) is 20.3 Å². The second-order valence-electron chi connectivity index (χ2n) is 1.43. The number of halogens is 1. The van der Waals surface area contributed by atoms with E-state index in [-0.39, 0.29) is 5.84 Å². The fraction of sp³-hybridized carbons (Fsp3) is 0.600. The molecule has 0 aromatic heterocycles. The molecule has 0 saturated carbocycles. The molecule has 0 aromatic rings. The third kappa shape index (κ3) is 3.81. The van der Waals surface area contributed by atoms with Crippen molar-refractivity contribution in [3.8, 4) is 0 Å². The van der Waals surface area contributed by atoms with Crippen LogP contribution in [0.4, 0.5) is 0 Å². The summed E-state index contributed by atoms with van der Waals surface area (Å²) in [6.45, 7) is 3.49. The van der Waals surface area contributed by atoms with E-state index >= 15 is 0 Å². The number of nitrogens with one attached hydrogen (secondary N) is 1. The van der Waals surface area contributed by atoms with E-state index in [1.807, 2.05) is 6.92 Å². The van der Waals surface area contributed by atoms with E-state index in [4.69, 9.17) is 17.0 Å². The monoisotopic (exact) mass is 132 g/mol. The lowest BCUT2D eigenvalue weighted by atomic mass is 10.5. The fourth-order valence-electron chi connectivity index (χ4n) is 0.261. The van der Waals surface area contributed by atoms with Crippen LogP contribution in [-0.4, -0.2) is 11.0 Å². The standard InChI is InChI=1S/C5H9ClN2/c1-3-5(6)8-4(2)7/h7H,3H2,1-2H3. The Hall–Kier alpha value is -0.370. The number of hydrogen-bond acceptors (Lipinski definition) is 1. The number of hydrogen-bond donors (Lipinski definition) is 1. The van der Waals surface area contributed by atoms with Gasteiger partial charge in [-0.2, -0.15) is 0 Å². The molecule has 0 aromatic carbocycles. The molecule has 0 rings (SSSR count). The lowest BCUT2D eigenvalue weighted by Gasteiger charge is -1.87. The molecule has 0 fully saturated rings. The molecule has 0 unspecified atom stereocenters. The highest BCUT2D eigenvalue weighted by molar-refractivity contribution is 6.66. The lowest BCUT2D eigenvalue weighted by molar-refractivity contribution is 1.30. The third-order valence-electron chi connectivity index (χ3n) is 0.581. The van der Waals surface area contributed by atoms with Crippen molar-refractivity contribution < 1.29 is 0 Å². The van der Waals surface area contributed by atoms with Gasteiger partial charge in [-0.25, -0.2) is 4.99 Å². The Bertz CT molecular complexity index is 118. The van der Waals surface area contributed by atoms with E-state index in [1.165, 1.54) is 0 Å². The smallest absolute Gasteiger partial charge is 0.118 e. The number of amidine groups is 1. The molecule has 0 aliphatic rings. The van der Waals surface area contributed by atoms with Crippen LogP contribution in [0.5, 0.6) is 0 Å². The van der Waals surface area contributed by atoms with Crippen molar-refractivity contribution in [2.45, 2.75) is 20.3 Å². The van der Waals surface area contributed by atoms with Crippen molar-refractivity contribution in [1.82, 2.24) is 0 Å². The van der Waals surface area contributed by atoms with Gasteiger partial charge in [0.05, 0.1) is 0 Å². The maximum atomic E-state index is 6.86. The van der Waals surface area contributed by atoms with Gasteiger partial charge in [0.25, 0.3) is 0 Å². The summed E-state index contributed by atoms with van der Waals surface area (Å²) in [6, 6.07) is 0. The van der Waals surface area contributed by atoms with Gasteiger partial charge in [0.2, 0.25) is 0 Å². The van der Waals surface area contributed by atoms with E-state index in [0.29, 0.717) is 11.6 Å². The molecule has 0 bridgehead atoms. The highest BCUT2D eigenvalue weighted by atomic mass is 35.5. The van der Waals surface area contributed by atoms with Crippen molar-refractivity contribution in [3.63, 3.8) is 0 Å². The van der Waals surface area contributed by atoms with Gasteiger partial charge in [-0.15, -0.1) is 0 Å². The van der Waals surface area contributed by atoms with Crippen LogP contribution < -0.4 is 0 Å². The van der Waals surface area contributed by atoms with Gasteiger partial charge in [-0.1, -0.05) is 18.5 Å². The van der Waals surface area contributed by atoms with Crippen molar-refractivity contribution in [2.24, 2.45) is 4.99 Å². The molecule has 0 heterocycles. The predicted molar refractivity (Wildman–Crippen MR) is 37.0 cm³/mol. The van der Waals surface area contributed by atoms with Gasteiger partial charge in [0.1, 0.15) is 11.0 Å². The Balaban J connectivity index is 3.75. The molecule has 0 amide bonds. The van der Waals surface area contributed by atoms with Crippen LogP contribution in [0.3, 0.4) is 0 Å². The summed E-state index contributed by atoms with van der Waals surface area (Å²) in [7, 11) is 0. The third-order valence-corrected chi connectivity index (χ3v) is 0.933. The van der Waals surface area contributed by atoms with E-state index in [0.717, 1.165) is 0 Å². The molecule has 8 heavy (non-hydrogen) atoms. The summed E-state index contributed by atoms with van der Waals surface area (Å²) in [4.78, 5) is 3.66. The second-order valence-corrected chi connectivity index (χ2v) is 1.86. The Labute approximate surface area is 54.1 Å². The summed E-state index contributed by atoms with van der Waals surface area (Å²) in [5.41, 5.74) is 0. The highest BCUT2D eigenvalue weighted by Crippen LogP contribution is 1.91. The summed E-state index contributed by atoms with van der Waals surface area (Å²) in [5.74, 6) is 0.261. The summed E-state index contributed by atoms with van der Waals surface area (Å²) in [6.07, 6.45) is 0.706. The molecule has 0 aliphatic carbocycles. The molecule has 0 radical (unpaired) electrons. The number of nitrogens with zero attached hydrogens (tertiary/aromatic N) is 1. The lowest BCUT2D eigenvalue weighted by Crippen LogP contribution is -1.88. The zero-order chi connectivity index (χ0) is 6.57. The van der Waals surface area contributed by atoms with Gasteiger partial charge in [-0.3, -0.25) is 5.41 Å². The van der Waals surface area contributed by atoms with Crippen LogP contribution in [0, 0.1) is 5.41 Å². The topological polar surface area (TPSA) is 36.2 Å². The molecule has 0 spiro atoms. The average Bonchev–Trinajstić information content (AvgIpc) is 1.65. The van der Waals surface area contributed by atoms with E-state index < -0.39 is 0 Å². The van der Waals surface area contributed by atoms with E-state index in [9.17, 15) is 0 Å². The van der Waals surface area contributed by atoms with Crippen molar-refractivity contribution in [3.05, 3.63) is 0 Å². The van der Waals surface area contributed by atoms with Crippen LogP contribution in [-0.2, 0) is 0 Å². The quantitative estimate of drug-likeness (QED) is 0.419. The molecule has 0 atom stereocenters.